The third-order valence-electron chi connectivity index (χ3n) is 2.27. The highest BCUT2D eigenvalue weighted by molar-refractivity contribution is 4.96. The number of fused-ring (bicyclic) bond motifs is 1. The minimum absolute atomic E-state index is 0.884. The third kappa shape index (κ3) is 4.66. The SMILES string of the molecule is [CH+]1CCN2CCCC12.[O-][Cl+3]([O-])([O-])[O-]. The molecule has 1 unspecified atom stereocenters. The molecule has 1 atom stereocenters. The van der Waals surface area contributed by atoms with Gasteiger partial charge in [-0.3, -0.25) is 4.90 Å². The normalized spacial score (nSPS) is 27.5. The van der Waals surface area contributed by atoms with Crippen LogP contribution in [-0.4, -0.2) is 24.0 Å². The summed E-state index contributed by atoms with van der Waals surface area (Å²) in [5.74, 6) is 0. The monoisotopic (exact) mass is 209 g/mol. The zero-order chi connectivity index (χ0) is 9.90. The summed E-state index contributed by atoms with van der Waals surface area (Å²) >= 11 is 0. The summed E-state index contributed by atoms with van der Waals surface area (Å²) in [5.41, 5.74) is 0. The van der Waals surface area contributed by atoms with E-state index >= 15 is 0 Å². The molecule has 6 heteroatoms. The van der Waals surface area contributed by atoms with Gasteiger partial charge in [-0.05, 0) is 6.42 Å². The zero-order valence-electron chi connectivity index (χ0n) is 7.15. The minimum Gasteiger partial charge on any atom is -0.259 e. The molecule has 0 spiro atoms. The topological polar surface area (TPSA) is 95.5 Å². The van der Waals surface area contributed by atoms with Crippen molar-refractivity contribution in [1.82, 2.24) is 4.90 Å². The van der Waals surface area contributed by atoms with Crippen LogP contribution in [0.15, 0.2) is 0 Å². The van der Waals surface area contributed by atoms with Crippen LogP contribution in [0.25, 0.3) is 0 Å². The highest BCUT2D eigenvalue weighted by Gasteiger charge is 2.35. The maximum absolute atomic E-state index is 8.49. The standard InChI is InChI=1S/C7H12N.ClHO4/c1-3-7-4-2-6-8(7)5-1;2-1(3,4)5/h3,7H,1-2,4-6H2;(H,2,3,4,5)/q+1;/p-1. The highest BCUT2D eigenvalue weighted by Crippen LogP contribution is 2.25. The van der Waals surface area contributed by atoms with E-state index in [2.05, 4.69) is 11.3 Å². The lowest BCUT2D eigenvalue weighted by molar-refractivity contribution is -2.00. The van der Waals surface area contributed by atoms with Gasteiger partial charge < -0.3 is 0 Å². The van der Waals surface area contributed by atoms with Crippen molar-refractivity contribution in [3.05, 3.63) is 6.42 Å². The summed E-state index contributed by atoms with van der Waals surface area (Å²) in [6.07, 6.45) is 6.67. The van der Waals surface area contributed by atoms with Gasteiger partial charge in [-0.25, -0.2) is 18.6 Å². The van der Waals surface area contributed by atoms with E-state index in [1.54, 1.807) is 0 Å². The smallest absolute Gasteiger partial charge is 0.151 e. The van der Waals surface area contributed by atoms with E-state index in [1.807, 2.05) is 0 Å². The lowest BCUT2D eigenvalue weighted by Gasteiger charge is -2.17. The average molecular weight is 210 g/mol. The molecule has 2 fully saturated rings. The molecule has 5 nitrogen and oxygen atoms in total. The maximum atomic E-state index is 8.49. The molecule has 2 rings (SSSR count). The summed E-state index contributed by atoms with van der Waals surface area (Å²) in [5, 5.41) is 0. The van der Waals surface area contributed by atoms with Crippen LogP contribution in [0.3, 0.4) is 0 Å². The van der Waals surface area contributed by atoms with Crippen molar-refractivity contribution < 1.29 is 28.9 Å². The molecule has 2 saturated heterocycles. The van der Waals surface area contributed by atoms with Gasteiger partial charge in [0.05, 0.1) is 6.42 Å². The van der Waals surface area contributed by atoms with Crippen LogP contribution in [0, 0.1) is 16.7 Å². The maximum Gasteiger partial charge on any atom is 0.151 e. The van der Waals surface area contributed by atoms with Crippen LogP contribution in [-0.2, 0) is 0 Å². The van der Waals surface area contributed by atoms with Gasteiger partial charge in [0.25, 0.3) is 0 Å². The molecule has 0 aromatic heterocycles. The van der Waals surface area contributed by atoms with E-state index in [4.69, 9.17) is 18.6 Å². The molecule has 2 aliphatic heterocycles. The van der Waals surface area contributed by atoms with Crippen molar-refractivity contribution in [2.24, 2.45) is 0 Å². The first-order valence-corrected chi connectivity index (χ1v) is 5.39. The Labute approximate surface area is 79.3 Å². The number of nitrogens with zero attached hydrogens (tertiary/aromatic N) is 1. The fraction of sp³-hybridized carbons (Fsp3) is 0.857. The minimum atomic E-state index is -4.94. The second-order valence-electron chi connectivity index (χ2n) is 3.15. The van der Waals surface area contributed by atoms with Gasteiger partial charge in [0.1, 0.15) is 6.42 Å². The summed E-state index contributed by atoms with van der Waals surface area (Å²) in [6, 6.07) is 0.884. The lowest BCUT2D eigenvalue weighted by Crippen LogP contribution is -2.68. The fourth-order valence-corrected chi connectivity index (χ4v) is 1.83. The van der Waals surface area contributed by atoms with Gasteiger partial charge in [-0.1, -0.05) is 0 Å². The molecule has 0 aromatic carbocycles. The zero-order valence-corrected chi connectivity index (χ0v) is 7.90. The van der Waals surface area contributed by atoms with Crippen LogP contribution in [0.5, 0.6) is 0 Å². The largest absolute Gasteiger partial charge is 0.259 e. The molecular weight excluding hydrogens is 198 g/mol. The van der Waals surface area contributed by atoms with E-state index < -0.39 is 10.2 Å². The molecule has 0 saturated carbocycles. The van der Waals surface area contributed by atoms with Crippen molar-refractivity contribution in [2.45, 2.75) is 25.3 Å². The Balaban J connectivity index is 0.000000149. The van der Waals surface area contributed by atoms with Crippen molar-refractivity contribution in [1.29, 1.82) is 0 Å². The number of rotatable bonds is 0. The molecule has 76 valence electrons. The lowest BCUT2D eigenvalue weighted by atomic mass is 10.2. The summed E-state index contributed by atoms with van der Waals surface area (Å²) in [4.78, 5) is 2.58. The Hall–Kier alpha value is -0.0400. The third-order valence-corrected chi connectivity index (χ3v) is 2.27. The van der Waals surface area contributed by atoms with E-state index in [0.29, 0.717) is 0 Å². The quantitative estimate of drug-likeness (QED) is 0.383. The Morgan fingerprint density at radius 3 is 2.31 bits per heavy atom. The Morgan fingerprint density at radius 1 is 1.15 bits per heavy atom. The van der Waals surface area contributed by atoms with Crippen LogP contribution < -0.4 is 18.6 Å². The van der Waals surface area contributed by atoms with Gasteiger partial charge in [0.15, 0.2) is 6.04 Å². The van der Waals surface area contributed by atoms with Crippen molar-refractivity contribution in [2.75, 3.05) is 13.1 Å². The van der Waals surface area contributed by atoms with Crippen molar-refractivity contribution >= 4 is 0 Å². The highest BCUT2D eigenvalue weighted by atomic mass is 35.7. The molecule has 0 aromatic rings. The first-order valence-electron chi connectivity index (χ1n) is 4.16. The van der Waals surface area contributed by atoms with Crippen molar-refractivity contribution in [3.63, 3.8) is 0 Å². The van der Waals surface area contributed by atoms with E-state index in [1.165, 1.54) is 32.4 Å². The molecule has 0 bridgehead atoms. The summed E-state index contributed by atoms with van der Waals surface area (Å²) in [6.45, 7) is 2.70. The van der Waals surface area contributed by atoms with Crippen LogP contribution in [0.1, 0.15) is 19.3 Å². The molecule has 2 heterocycles. The predicted molar refractivity (Wildman–Crippen MR) is 33.5 cm³/mol. The summed E-state index contributed by atoms with van der Waals surface area (Å²) < 4.78 is 34.0. The van der Waals surface area contributed by atoms with Crippen LogP contribution in [0.4, 0.5) is 0 Å². The molecule has 0 amide bonds. The Morgan fingerprint density at radius 2 is 1.77 bits per heavy atom. The second-order valence-corrected chi connectivity index (χ2v) is 3.90. The van der Waals surface area contributed by atoms with Gasteiger partial charge in [-0.15, -0.1) is 10.2 Å². The second kappa shape index (κ2) is 4.45. The average Bonchev–Trinajstić information content (AvgIpc) is 2.36. The Kier molecular flexibility index (Phi) is 3.78. The Bertz CT molecular complexity index is 135. The van der Waals surface area contributed by atoms with Crippen LogP contribution >= 0.6 is 0 Å². The van der Waals surface area contributed by atoms with E-state index in [9.17, 15) is 0 Å². The first kappa shape index (κ1) is 11.0. The molecule has 13 heavy (non-hydrogen) atoms. The number of halogens is 1. The van der Waals surface area contributed by atoms with Gasteiger partial charge in [0.2, 0.25) is 0 Å². The van der Waals surface area contributed by atoms with Crippen LogP contribution in [0.2, 0.25) is 0 Å². The molecular formula is C7H12ClNO4. The van der Waals surface area contributed by atoms with E-state index in [0.717, 1.165) is 6.04 Å². The number of hydrogen-bond acceptors (Lipinski definition) is 5. The molecule has 0 aliphatic carbocycles. The predicted octanol–water partition coefficient (Wildman–Crippen LogP) is -3.70. The fourth-order valence-electron chi connectivity index (χ4n) is 1.83. The van der Waals surface area contributed by atoms with Gasteiger partial charge in [-0.2, -0.15) is 0 Å². The summed E-state index contributed by atoms with van der Waals surface area (Å²) in [7, 11) is -4.94. The first-order chi connectivity index (χ1) is 5.97. The van der Waals surface area contributed by atoms with Gasteiger partial charge in [0, 0.05) is 19.5 Å². The van der Waals surface area contributed by atoms with Crippen molar-refractivity contribution in [3.8, 4) is 0 Å². The van der Waals surface area contributed by atoms with E-state index in [-0.39, 0.29) is 0 Å². The van der Waals surface area contributed by atoms with Gasteiger partial charge >= 0.3 is 0 Å². The molecule has 2 aliphatic rings. The number of hydrogen-bond donors (Lipinski definition) is 0. The molecule has 0 N–H and O–H groups in total. The molecule has 0 radical (unpaired) electrons.